The molecular weight excluding hydrogens is 282 g/mol. The van der Waals surface area contributed by atoms with E-state index >= 15 is 0 Å². The Bertz CT molecular complexity index is 549. The molecule has 2 fully saturated rings. The van der Waals surface area contributed by atoms with Gasteiger partial charge < -0.3 is 10.1 Å². The fourth-order valence-electron chi connectivity index (χ4n) is 3.22. The molecule has 1 aromatic rings. The maximum atomic E-state index is 12.0. The van der Waals surface area contributed by atoms with Crippen molar-refractivity contribution in [1.29, 1.82) is 0 Å². The second kappa shape index (κ2) is 6.50. The number of hydrogen-bond donors (Lipinski definition) is 1. The first-order chi connectivity index (χ1) is 10.6. The number of esters is 1. The van der Waals surface area contributed by atoms with Crippen molar-refractivity contribution in [2.24, 2.45) is 13.0 Å². The smallest absolute Gasteiger partial charge is 0.310 e. The van der Waals surface area contributed by atoms with Crippen LogP contribution in [0.5, 0.6) is 0 Å². The molecular formula is C16H23N3O3. The van der Waals surface area contributed by atoms with Crippen molar-refractivity contribution < 1.29 is 14.3 Å². The van der Waals surface area contributed by atoms with Gasteiger partial charge in [0.1, 0.15) is 0 Å². The largest absolute Gasteiger partial charge is 0.455 e. The minimum absolute atomic E-state index is 0.119. The molecule has 2 saturated carbocycles. The van der Waals surface area contributed by atoms with Crippen LogP contribution in [0.3, 0.4) is 0 Å². The number of carbonyl (C=O) groups excluding carboxylic acids is 2. The summed E-state index contributed by atoms with van der Waals surface area (Å²) in [5, 5.41) is 7.06. The minimum Gasteiger partial charge on any atom is -0.455 e. The Hall–Kier alpha value is -1.85. The van der Waals surface area contributed by atoms with Crippen LogP contribution in [0.4, 0.5) is 0 Å². The molecule has 1 N–H and O–H groups in total. The number of ether oxygens (including phenoxy) is 1. The normalized spacial score (nSPS) is 24.8. The Morgan fingerprint density at radius 3 is 2.82 bits per heavy atom. The van der Waals surface area contributed by atoms with Gasteiger partial charge in [-0.15, -0.1) is 0 Å². The zero-order chi connectivity index (χ0) is 15.5. The third-order valence-electron chi connectivity index (χ3n) is 4.56. The number of amides is 1. The van der Waals surface area contributed by atoms with E-state index in [1.165, 1.54) is 19.3 Å². The topological polar surface area (TPSA) is 73.2 Å². The Labute approximate surface area is 130 Å². The average Bonchev–Trinajstić information content (AvgIpc) is 3.21. The molecule has 0 unspecified atom stereocenters. The van der Waals surface area contributed by atoms with Gasteiger partial charge in [-0.25, -0.2) is 0 Å². The van der Waals surface area contributed by atoms with E-state index in [4.69, 9.17) is 4.74 Å². The van der Waals surface area contributed by atoms with Crippen molar-refractivity contribution in [2.45, 2.75) is 50.5 Å². The van der Waals surface area contributed by atoms with E-state index in [1.807, 2.05) is 13.2 Å². The third-order valence-corrected chi connectivity index (χ3v) is 4.56. The predicted octanol–water partition coefficient (Wildman–Crippen LogP) is 1.52. The molecule has 1 aromatic heterocycles. The highest BCUT2D eigenvalue weighted by Gasteiger charge is 2.46. The summed E-state index contributed by atoms with van der Waals surface area (Å²) in [7, 11) is 1.86. The van der Waals surface area contributed by atoms with E-state index in [0.29, 0.717) is 0 Å². The quantitative estimate of drug-likeness (QED) is 0.837. The van der Waals surface area contributed by atoms with Crippen LogP contribution in [0.15, 0.2) is 12.4 Å². The molecule has 1 heterocycles. The number of aryl methyl sites for hydroxylation is 1. The van der Waals surface area contributed by atoms with Crippen LogP contribution in [-0.2, 0) is 21.4 Å². The van der Waals surface area contributed by atoms with Crippen LogP contribution in [0.2, 0.25) is 0 Å². The average molecular weight is 305 g/mol. The van der Waals surface area contributed by atoms with Gasteiger partial charge in [0.05, 0.1) is 12.1 Å². The number of nitrogens with zero attached hydrogens (tertiary/aromatic N) is 2. The van der Waals surface area contributed by atoms with E-state index in [0.717, 1.165) is 24.8 Å². The van der Waals surface area contributed by atoms with Crippen molar-refractivity contribution in [2.75, 3.05) is 6.61 Å². The van der Waals surface area contributed by atoms with Gasteiger partial charge in [-0.3, -0.25) is 14.3 Å². The molecule has 0 aromatic carbocycles. The third kappa shape index (κ3) is 3.67. The fourth-order valence-corrected chi connectivity index (χ4v) is 3.22. The summed E-state index contributed by atoms with van der Waals surface area (Å²) in [6.45, 7) is -0.161. The summed E-state index contributed by atoms with van der Waals surface area (Å²) < 4.78 is 6.88. The van der Waals surface area contributed by atoms with Crippen LogP contribution in [0.1, 0.15) is 50.0 Å². The Balaban J connectivity index is 1.38. The Morgan fingerprint density at radius 2 is 2.14 bits per heavy atom. The van der Waals surface area contributed by atoms with Crippen LogP contribution < -0.4 is 5.32 Å². The molecule has 0 bridgehead atoms. The lowest BCUT2D eigenvalue weighted by Crippen LogP contribution is -2.38. The highest BCUT2D eigenvalue weighted by atomic mass is 16.5. The number of carbonyl (C=O) groups is 2. The molecule has 6 nitrogen and oxygen atoms in total. The van der Waals surface area contributed by atoms with E-state index in [2.05, 4.69) is 10.4 Å². The summed E-state index contributed by atoms with van der Waals surface area (Å²) in [5.41, 5.74) is 1.07. The van der Waals surface area contributed by atoms with Crippen LogP contribution in [0, 0.1) is 5.92 Å². The van der Waals surface area contributed by atoms with Crippen molar-refractivity contribution in [3.05, 3.63) is 18.0 Å². The second-order valence-corrected chi connectivity index (χ2v) is 6.41. The van der Waals surface area contributed by atoms with Gasteiger partial charge in [0.15, 0.2) is 6.61 Å². The van der Waals surface area contributed by atoms with E-state index in [-0.39, 0.29) is 36.4 Å². The summed E-state index contributed by atoms with van der Waals surface area (Å²) in [4.78, 5) is 23.8. The highest BCUT2D eigenvalue weighted by molar-refractivity contribution is 5.83. The maximum Gasteiger partial charge on any atom is 0.310 e. The SMILES string of the molecule is Cn1cc([C@H]2C[C@H]2C(=O)OCC(=O)NC2CCCCC2)cn1. The molecule has 0 radical (unpaired) electrons. The monoisotopic (exact) mass is 305 g/mol. The molecule has 1 amide bonds. The van der Waals surface area contributed by atoms with Gasteiger partial charge in [0, 0.05) is 25.2 Å². The van der Waals surface area contributed by atoms with E-state index < -0.39 is 0 Å². The Morgan fingerprint density at radius 1 is 1.36 bits per heavy atom. The summed E-state index contributed by atoms with van der Waals surface area (Å²) in [5.74, 6) is -0.374. The van der Waals surface area contributed by atoms with Crippen LogP contribution in [-0.4, -0.2) is 34.3 Å². The molecule has 0 spiro atoms. The van der Waals surface area contributed by atoms with Gasteiger partial charge in [-0.2, -0.15) is 5.10 Å². The molecule has 2 atom stereocenters. The molecule has 120 valence electrons. The molecule has 22 heavy (non-hydrogen) atoms. The van der Waals surface area contributed by atoms with Crippen molar-refractivity contribution in [1.82, 2.24) is 15.1 Å². The molecule has 6 heteroatoms. The van der Waals surface area contributed by atoms with Crippen LogP contribution >= 0.6 is 0 Å². The van der Waals surface area contributed by atoms with Gasteiger partial charge in [-0.1, -0.05) is 19.3 Å². The fraction of sp³-hybridized carbons (Fsp3) is 0.688. The van der Waals surface area contributed by atoms with Crippen molar-refractivity contribution >= 4 is 11.9 Å². The highest BCUT2D eigenvalue weighted by Crippen LogP contribution is 2.47. The second-order valence-electron chi connectivity index (χ2n) is 6.41. The summed E-state index contributed by atoms with van der Waals surface area (Å²) in [6, 6.07) is 0.254. The van der Waals surface area contributed by atoms with Gasteiger partial charge >= 0.3 is 5.97 Å². The summed E-state index contributed by atoms with van der Waals surface area (Å²) >= 11 is 0. The first kappa shape index (κ1) is 15.1. The van der Waals surface area contributed by atoms with Crippen molar-refractivity contribution in [3.63, 3.8) is 0 Å². The lowest BCUT2D eigenvalue weighted by atomic mass is 9.95. The number of hydrogen-bond acceptors (Lipinski definition) is 4. The molecule has 2 aliphatic rings. The lowest BCUT2D eigenvalue weighted by molar-refractivity contribution is -0.150. The first-order valence-corrected chi connectivity index (χ1v) is 8.08. The molecule has 0 saturated heterocycles. The minimum atomic E-state index is -0.271. The number of nitrogens with one attached hydrogen (secondary N) is 1. The van der Waals surface area contributed by atoms with Crippen molar-refractivity contribution in [3.8, 4) is 0 Å². The van der Waals surface area contributed by atoms with E-state index in [9.17, 15) is 9.59 Å². The molecule has 3 rings (SSSR count). The number of aromatic nitrogens is 2. The maximum absolute atomic E-state index is 12.0. The molecule has 2 aliphatic carbocycles. The zero-order valence-electron chi connectivity index (χ0n) is 13.0. The predicted molar refractivity (Wildman–Crippen MR) is 80.0 cm³/mol. The van der Waals surface area contributed by atoms with Gasteiger partial charge in [0.2, 0.25) is 0 Å². The van der Waals surface area contributed by atoms with Gasteiger partial charge in [-0.05, 0) is 24.8 Å². The van der Waals surface area contributed by atoms with Gasteiger partial charge in [0.25, 0.3) is 5.91 Å². The first-order valence-electron chi connectivity index (χ1n) is 8.08. The van der Waals surface area contributed by atoms with E-state index in [1.54, 1.807) is 10.9 Å². The standard InChI is InChI=1S/C16H23N3O3/c1-19-9-11(8-17-19)13-7-14(13)16(21)22-10-15(20)18-12-5-3-2-4-6-12/h8-9,12-14H,2-7,10H2,1H3,(H,18,20)/t13-,14-/m1/s1. The zero-order valence-corrected chi connectivity index (χ0v) is 13.0. The van der Waals surface area contributed by atoms with Crippen LogP contribution in [0.25, 0.3) is 0 Å². The number of rotatable bonds is 5. The lowest BCUT2D eigenvalue weighted by Gasteiger charge is -2.22. The molecule has 0 aliphatic heterocycles. The summed E-state index contributed by atoms with van der Waals surface area (Å²) in [6.07, 6.45) is 10.1. The Kier molecular flexibility index (Phi) is 4.45.